The van der Waals surface area contributed by atoms with Gasteiger partial charge in [-0.25, -0.2) is 5.48 Å². The summed E-state index contributed by atoms with van der Waals surface area (Å²) in [6.07, 6.45) is 4.58. The van der Waals surface area contributed by atoms with Gasteiger partial charge in [0.1, 0.15) is 0 Å². The number of nitrogens with one attached hydrogen (secondary N) is 1. The van der Waals surface area contributed by atoms with Crippen molar-refractivity contribution in [2.24, 2.45) is 23.7 Å². The molecule has 100 valence electrons. The fourth-order valence-electron chi connectivity index (χ4n) is 2.83. The number of methoxy groups -OCH3 is 1. The van der Waals surface area contributed by atoms with Crippen molar-refractivity contribution in [1.29, 1.82) is 0 Å². The van der Waals surface area contributed by atoms with Crippen LogP contribution in [0.5, 0.6) is 0 Å². The topological polar surface area (TPSA) is 84.9 Å². The van der Waals surface area contributed by atoms with Gasteiger partial charge in [-0.05, 0) is 18.3 Å². The lowest BCUT2D eigenvalue weighted by Crippen LogP contribution is -2.40. The molecule has 0 radical (unpaired) electrons. The minimum absolute atomic E-state index is 0.0159. The molecule has 0 aromatic rings. The smallest absolute Gasteiger partial charge is 0.307 e. The highest BCUT2D eigenvalue weighted by atomic mass is 16.7. The lowest BCUT2D eigenvalue weighted by Gasteiger charge is -2.23. The van der Waals surface area contributed by atoms with Crippen molar-refractivity contribution in [2.45, 2.75) is 6.42 Å². The zero-order valence-corrected chi connectivity index (χ0v) is 10.2. The number of carbonyl (C=O) groups excluding carboxylic acids is 1. The van der Waals surface area contributed by atoms with E-state index in [0.29, 0.717) is 6.61 Å². The zero-order chi connectivity index (χ0) is 13.1. The standard InChI is InChI=1S/C12H17NO5/c1-17-4-5-18-13-11(14)9-7-2-3-8(6-7)10(9)12(15)16/h2-3,7-10H,4-6H2,1H3,(H,13,14)(H,15,16). The highest BCUT2D eigenvalue weighted by Gasteiger charge is 2.51. The Labute approximate surface area is 105 Å². The Morgan fingerprint density at radius 2 is 1.94 bits per heavy atom. The molecule has 0 aromatic carbocycles. The number of carboxylic acids is 1. The summed E-state index contributed by atoms with van der Waals surface area (Å²) in [6, 6.07) is 0. The van der Waals surface area contributed by atoms with E-state index in [4.69, 9.17) is 9.57 Å². The maximum Gasteiger partial charge on any atom is 0.307 e. The summed E-state index contributed by atoms with van der Waals surface area (Å²) >= 11 is 0. The van der Waals surface area contributed by atoms with Crippen LogP contribution in [0.25, 0.3) is 0 Å². The van der Waals surface area contributed by atoms with E-state index in [2.05, 4.69) is 5.48 Å². The Balaban J connectivity index is 1.92. The Morgan fingerprint density at radius 1 is 1.28 bits per heavy atom. The van der Waals surface area contributed by atoms with E-state index in [1.165, 1.54) is 7.11 Å². The van der Waals surface area contributed by atoms with Crippen molar-refractivity contribution in [1.82, 2.24) is 5.48 Å². The van der Waals surface area contributed by atoms with E-state index in [-0.39, 0.29) is 24.3 Å². The van der Waals surface area contributed by atoms with Gasteiger partial charge in [-0.1, -0.05) is 12.2 Å². The van der Waals surface area contributed by atoms with Gasteiger partial charge in [0.25, 0.3) is 0 Å². The Kier molecular flexibility index (Phi) is 3.98. The van der Waals surface area contributed by atoms with E-state index in [0.717, 1.165) is 6.42 Å². The minimum Gasteiger partial charge on any atom is -0.481 e. The summed E-state index contributed by atoms with van der Waals surface area (Å²) in [6.45, 7) is 0.621. The van der Waals surface area contributed by atoms with Gasteiger partial charge >= 0.3 is 5.97 Å². The molecule has 4 atom stereocenters. The van der Waals surface area contributed by atoms with Crippen LogP contribution in [-0.2, 0) is 19.2 Å². The van der Waals surface area contributed by atoms with Crippen molar-refractivity contribution in [2.75, 3.05) is 20.3 Å². The number of allylic oxidation sites excluding steroid dienone is 2. The highest BCUT2D eigenvalue weighted by molar-refractivity contribution is 5.86. The van der Waals surface area contributed by atoms with Gasteiger partial charge < -0.3 is 9.84 Å². The molecule has 0 spiro atoms. The van der Waals surface area contributed by atoms with Gasteiger partial charge in [-0.2, -0.15) is 0 Å². The number of hydrogen-bond donors (Lipinski definition) is 2. The molecular weight excluding hydrogens is 238 g/mol. The van der Waals surface area contributed by atoms with Crippen LogP contribution in [0.4, 0.5) is 0 Å². The molecule has 2 rings (SSSR count). The van der Waals surface area contributed by atoms with E-state index in [1.54, 1.807) is 0 Å². The number of aliphatic carboxylic acids is 1. The molecule has 0 aromatic heterocycles. The van der Waals surface area contributed by atoms with Crippen LogP contribution >= 0.6 is 0 Å². The van der Waals surface area contributed by atoms with Crippen molar-refractivity contribution in [3.05, 3.63) is 12.2 Å². The molecule has 6 nitrogen and oxygen atoms in total. The molecule has 0 aliphatic heterocycles. The maximum atomic E-state index is 11.9. The summed E-state index contributed by atoms with van der Waals surface area (Å²) < 4.78 is 4.78. The molecule has 0 saturated heterocycles. The number of hydrogen-bond acceptors (Lipinski definition) is 4. The average Bonchev–Trinajstić information content (AvgIpc) is 2.94. The largest absolute Gasteiger partial charge is 0.481 e. The number of carboxylic acid groups (broad SMARTS) is 1. The van der Waals surface area contributed by atoms with Crippen LogP contribution in [0.15, 0.2) is 12.2 Å². The third kappa shape index (κ3) is 2.39. The molecule has 2 N–H and O–H groups in total. The van der Waals surface area contributed by atoms with Crippen LogP contribution in [0.3, 0.4) is 0 Å². The van der Waals surface area contributed by atoms with Gasteiger partial charge in [0.15, 0.2) is 0 Å². The van der Waals surface area contributed by atoms with Gasteiger partial charge in [-0.3, -0.25) is 14.4 Å². The lowest BCUT2D eigenvalue weighted by molar-refractivity contribution is -0.152. The zero-order valence-electron chi connectivity index (χ0n) is 10.2. The Hall–Kier alpha value is -1.40. The summed E-state index contributed by atoms with van der Waals surface area (Å²) in [5.41, 5.74) is 2.31. The predicted octanol–water partition coefficient (Wildman–Crippen LogP) is 0.203. The van der Waals surface area contributed by atoms with E-state index < -0.39 is 17.8 Å². The lowest BCUT2D eigenvalue weighted by atomic mass is 9.82. The average molecular weight is 255 g/mol. The van der Waals surface area contributed by atoms with E-state index in [9.17, 15) is 14.7 Å². The number of rotatable bonds is 6. The first-order valence-corrected chi connectivity index (χ1v) is 5.97. The van der Waals surface area contributed by atoms with E-state index >= 15 is 0 Å². The van der Waals surface area contributed by atoms with Gasteiger partial charge in [0.2, 0.25) is 5.91 Å². The van der Waals surface area contributed by atoms with Crippen molar-refractivity contribution < 1.29 is 24.3 Å². The number of hydroxylamine groups is 1. The molecule has 2 aliphatic carbocycles. The van der Waals surface area contributed by atoms with Gasteiger partial charge in [0, 0.05) is 7.11 Å². The van der Waals surface area contributed by atoms with Crippen LogP contribution in [0.1, 0.15) is 6.42 Å². The molecule has 18 heavy (non-hydrogen) atoms. The van der Waals surface area contributed by atoms with Crippen molar-refractivity contribution in [3.63, 3.8) is 0 Å². The molecule has 6 heteroatoms. The molecule has 1 saturated carbocycles. The molecule has 1 fully saturated rings. The molecule has 0 heterocycles. The molecule has 4 unspecified atom stereocenters. The summed E-state index contributed by atoms with van der Waals surface area (Å²) in [4.78, 5) is 28.1. The van der Waals surface area contributed by atoms with Crippen molar-refractivity contribution >= 4 is 11.9 Å². The first-order valence-electron chi connectivity index (χ1n) is 5.97. The summed E-state index contributed by atoms with van der Waals surface area (Å²) in [7, 11) is 1.53. The highest BCUT2D eigenvalue weighted by Crippen LogP contribution is 2.48. The van der Waals surface area contributed by atoms with Crippen LogP contribution in [0, 0.1) is 23.7 Å². The van der Waals surface area contributed by atoms with Crippen LogP contribution < -0.4 is 5.48 Å². The minimum atomic E-state index is -0.913. The molecule has 2 aliphatic rings. The van der Waals surface area contributed by atoms with Crippen LogP contribution in [0.2, 0.25) is 0 Å². The fourth-order valence-corrected chi connectivity index (χ4v) is 2.83. The SMILES string of the molecule is COCCONC(=O)C1C2C=CC(C2)C1C(=O)O. The second-order valence-corrected chi connectivity index (χ2v) is 4.65. The number of amides is 1. The van der Waals surface area contributed by atoms with Gasteiger partial charge in [-0.15, -0.1) is 0 Å². The third-order valence-corrected chi connectivity index (χ3v) is 3.61. The van der Waals surface area contributed by atoms with Gasteiger partial charge in [0.05, 0.1) is 25.0 Å². The quantitative estimate of drug-likeness (QED) is 0.402. The second-order valence-electron chi connectivity index (χ2n) is 4.65. The predicted molar refractivity (Wildman–Crippen MR) is 61.3 cm³/mol. The van der Waals surface area contributed by atoms with E-state index in [1.807, 2.05) is 12.2 Å². The van der Waals surface area contributed by atoms with Crippen LogP contribution in [-0.4, -0.2) is 37.3 Å². The Bertz CT molecular complexity index is 367. The number of carbonyl (C=O) groups is 2. The molecule has 1 amide bonds. The summed E-state index contributed by atoms with van der Waals surface area (Å²) in [5, 5.41) is 9.19. The molecule has 2 bridgehead atoms. The normalized spacial score (nSPS) is 32.7. The molecular formula is C12H17NO5. The monoisotopic (exact) mass is 255 g/mol. The first-order chi connectivity index (χ1) is 8.65. The first kappa shape index (κ1) is 13.0. The summed E-state index contributed by atoms with van der Waals surface area (Å²) in [5.74, 6) is -2.44. The Morgan fingerprint density at radius 3 is 2.56 bits per heavy atom. The second kappa shape index (κ2) is 5.49. The maximum absolute atomic E-state index is 11.9. The number of ether oxygens (including phenoxy) is 1. The number of fused-ring (bicyclic) bond motifs is 2. The van der Waals surface area contributed by atoms with Crippen molar-refractivity contribution in [3.8, 4) is 0 Å². The fraction of sp³-hybridized carbons (Fsp3) is 0.667. The third-order valence-electron chi connectivity index (χ3n) is 3.61.